The van der Waals surface area contributed by atoms with Gasteiger partial charge in [0.2, 0.25) is 0 Å². The molecule has 5 heterocycles. The number of ether oxygens (including phenoxy) is 1. The summed E-state index contributed by atoms with van der Waals surface area (Å²) in [6.07, 6.45) is 7.20. The summed E-state index contributed by atoms with van der Waals surface area (Å²) in [6.45, 7) is 10.2. The molecular weight excluding hydrogens is 420 g/mol. The quantitative estimate of drug-likeness (QED) is 0.357. The van der Waals surface area contributed by atoms with Crippen LogP contribution in [0.4, 0.5) is 5.82 Å². The molecule has 0 aromatic carbocycles. The summed E-state index contributed by atoms with van der Waals surface area (Å²) in [5, 5.41) is 4.62. The van der Waals surface area contributed by atoms with Crippen LogP contribution in [0, 0.1) is 5.92 Å². The van der Waals surface area contributed by atoms with Gasteiger partial charge in [-0.05, 0) is 42.9 Å². The van der Waals surface area contributed by atoms with Crippen LogP contribution in [-0.4, -0.2) is 20.6 Å². The van der Waals surface area contributed by atoms with Gasteiger partial charge < -0.3 is 14.5 Å². The van der Waals surface area contributed by atoms with Gasteiger partial charge in [-0.25, -0.2) is 15.0 Å². The third kappa shape index (κ3) is 3.67. The number of hydrogen-bond donors (Lipinski definition) is 1. The first-order valence-electron chi connectivity index (χ1n) is 11.5. The van der Waals surface area contributed by atoms with E-state index in [4.69, 9.17) is 19.1 Å². The molecule has 0 saturated carbocycles. The monoisotopic (exact) mass is 450 g/mol. The summed E-state index contributed by atoms with van der Waals surface area (Å²) in [4.78, 5) is 15.5. The van der Waals surface area contributed by atoms with Crippen molar-refractivity contribution in [1.82, 2.24) is 15.0 Å². The summed E-state index contributed by atoms with van der Waals surface area (Å²) in [5.41, 5.74) is 4.70. The van der Waals surface area contributed by atoms with Gasteiger partial charge in [0.15, 0.2) is 0 Å². The second-order valence-corrected chi connectivity index (χ2v) is 10.1. The molecule has 4 aromatic heterocycles. The lowest BCUT2D eigenvalue weighted by Crippen LogP contribution is -2.38. The number of pyridine rings is 1. The summed E-state index contributed by atoms with van der Waals surface area (Å²) in [5.74, 6) is 2.24. The highest BCUT2D eigenvalue weighted by Gasteiger charge is 2.36. The number of furan rings is 1. The van der Waals surface area contributed by atoms with Crippen LogP contribution in [0.2, 0.25) is 0 Å². The van der Waals surface area contributed by atoms with Crippen molar-refractivity contribution in [2.45, 2.75) is 72.1 Å². The third-order valence-corrected chi connectivity index (χ3v) is 7.71. The van der Waals surface area contributed by atoms with E-state index in [1.54, 1.807) is 23.9 Å². The molecule has 1 aliphatic rings. The number of rotatable bonds is 7. The topological polar surface area (TPSA) is 73.1 Å². The van der Waals surface area contributed by atoms with Crippen LogP contribution in [0.3, 0.4) is 0 Å². The van der Waals surface area contributed by atoms with E-state index < -0.39 is 0 Å². The van der Waals surface area contributed by atoms with Crippen molar-refractivity contribution >= 4 is 37.6 Å². The van der Waals surface area contributed by atoms with Crippen LogP contribution >= 0.6 is 11.3 Å². The maximum Gasteiger partial charge on any atom is 0.147 e. The van der Waals surface area contributed by atoms with Crippen LogP contribution in [0.1, 0.15) is 63.1 Å². The minimum Gasteiger partial charge on any atom is -0.467 e. The van der Waals surface area contributed by atoms with Crippen molar-refractivity contribution < 1.29 is 9.15 Å². The van der Waals surface area contributed by atoms with Crippen LogP contribution < -0.4 is 5.32 Å². The van der Waals surface area contributed by atoms with Crippen LogP contribution in [-0.2, 0) is 30.7 Å². The second-order valence-electron chi connectivity index (χ2n) is 9.08. The zero-order valence-corrected chi connectivity index (χ0v) is 20.0. The number of nitrogens with zero attached hydrogens (tertiary/aromatic N) is 3. The van der Waals surface area contributed by atoms with Gasteiger partial charge in [0.05, 0.1) is 35.2 Å². The fourth-order valence-corrected chi connectivity index (χ4v) is 5.84. The SMILES string of the molecule is CCC1(CC)Cc2c(c(CC(C)C)nc3sc4c(NCc5ccco5)ncnc4c23)CO1. The lowest BCUT2D eigenvalue weighted by Gasteiger charge is -2.38. The lowest BCUT2D eigenvalue weighted by molar-refractivity contribution is -0.0726. The molecule has 0 spiro atoms. The zero-order chi connectivity index (χ0) is 22.3. The molecule has 0 atom stereocenters. The Morgan fingerprint density at radius 3 is 2.75 bits per heavy atom. The molecule has 0 radical (unpaired) electrons. The van der Waals surface area contributed by atoms with Crippen molar-refractivity contribution in [1.29, 1.82) is 0 Å². The summed E-state index contributed by atoms with van der Waals surface area (Å²) >= 11 is 1.68. The van der Waals surface area contributed by atoms with E-state index in [1.165, 1.54) is 22.2 Å². The number of hydrogen-bond acceptors (Lipinski definition) is 7. The van der Waals surface area contributed by atoms with Crippen LogP contribution in [0.5, 0.6) is 0 Å². The Morgan fingerprint density at radius 2 is 2.03 bits per heavy atom. The van der Waals surface area contributed by atoms with Crippen LogP contribution in [0.15, 0.2) is 29.1 Å². The van der Waals surface area contributed by atoms with E-state index in [-0.39, 0.29) is 5.60 Å². The zero-order valence-electron chi connectivity index (χ0n) is 19.2. The molecule has 1 N–H and O–H groups in total. The molecule has 32 heavy (non-hydrogen) atoms. The maximum absolute atomic E-state index is 6.46. The number of aromatic nitrogens is 3. The molecular formula is C25H30N4O2S. The predicted octanol–water partition coefficient (Wildman–Crippen LogP) is 6.27. The molecule has 0 saturated heterocycles. The first-order valence-corrected chi connectivity index (χ1v) is 12.3. The van der Waals surface area contributed by atoms with Crippen LogP contribution in [0.25, 0.3) is 20.4 Å². The van der Waals surface area contributed by atoms with Crippen molar-refractivity contribution in [3.63, 3.8) is 0 Å². The van der Waals surface area contributed by atoms with E-state index in [1.807, 2.05) is 12.1 Å². The minimum absolute atomic E-state index is 0.113. The Hall–Kier alpha value is -2.51. The molecule has 0 amide bonds. The Morgan fingerprint density at radius 1 is 1.19 bits per heavy atom. The number of anilines is 1. The van der Waals surface area contributed by atoms with Gasteiger partial charge in [-0.2, -0.15) is 0 Å². The average molecular weight is 451 g/mol. The standard InChI is InChI=1S/C25H30N4O2S/c1-5-25(6-2)11-17-18(13-31-25)19(10-15(3)4)29-24-20(17)21-22(32-24)23(28-14-27-21)26-12-16-8-7-9-30-16/h7-9,14-15H,5-6,10-13H2,1-4H3,(H,26,27,28). The van der Waals surface area contributed by atoms with Gasteiger partial charge in [0.25, 0.3) is 0 Å². The first kappa shape index (κ1) is 21.3. The van der Waals surface area contributed by atoms with E-state index in [0.29, 0.717) is 19.1 Å². The van der Waals surface area contributed by atoms with Crippen molar-refractivity contribution in [3.05, 3.63) is 47.3 Å². The van der Waals surface area contributed by atoms with Gasteiger partial charge in [-0.1, -0.05) is 27.7 Å². The Labute approximate surface area is 192 Å². The highest BCUT2D eigenvalue weighted by molar-refractivity contribution is 7.26. The number of fused-ring (bicyclic) bond motifs is 5. The van der Waals surface area contributed by atoms with Gasteiger partial charge in [-0.15, -0.1) is 11.3 Å². The lowest BCUT2D eigenvalue weighted by atomic mass is 9.83. The van der Waals surface area contributed by atoms with Gasteiger partial charge in [0, 0.05) is 23.1 Å². The molecule has 168 valence electrons. The molecule has 4 aromatic rings. The van der Waals surface area contributed by atoms with E-state index in [0.717, 1.165) is 52.3 Å². The highest BCUT2D eigenvalue weighted by Crippen LogP contribution is 2.43. The normalized spacial score (nSPS) is 15.5. The molecule has 7 heteroatoms. The van der Waals surface area contributed by atoms with Gasteiger partial charge in [0.1, 0.15) is 22.7 Å². The Balaban J connectivity index is 1.68. The van der Waals surface area contributed by atoms with E-state index in [9.17, 15) is 0 Å². The second kappa shape index (κ2) is 8.45. The predicted molar refractivity (Wildman–Crippen MR) is 129 cm³/mol. The summed E-state index contributed by atoms with van der Waals surface area (Å²) in [6, 6.07) is 3.86. The third-order valence-electron chi connectivity index (χ3n) is 6.63. The van der Waals surface area contributed by atoms with E-state index in [2.05, 4.69) is 38.0 Å². The molecule has 0 aliphatic carbocycles. The van der Waals surface area contributed by atoms with Crippen molar-refractivity contribution in [3.8, 4) is 0 Å². The largest absolute Gasteiger partial charge is 0.467 e. The Bertz CT molecular complexity index is 1240. The molecule has 5 rings (SSSR count). The molecule has 0 bridgehead atoms. The fourth-order valence-electron chi connectivity index (χ4n) is 4.70. The molecule has 6 nitrogen and oxygen atoms in total. The van der Waals surface area contributed by atoms with Gasteiger partial charge >= 0.3 is 0 Å². The Kier molecular flexibility index (Phi) is 5.63. The fraction of sp³-hybridized carbons (Fsp3) is 0.480. The highest BCUT2D eigenvalue weighted by atomic mass is 32.1. The maximum atomic E-state index is 6.46. The molecule has 0 fully saturated rings. The van der Waals surface area contributed by atoms with Crippen molar-refractivity contribution in [2.24, 2.45) is 5.92 Å². The van der Waals surface area contributed by atoms with Gasteiger partial charge in [-0.3, -0.25) is 0 Å². The van der Waals surface area contributed by atoms with Crippen molar-refractivity contribution in [2.75, 3.05) is 5.32 Å². The minimum atomic E-state index is -0.113. The summed E-state index contributed by atoms with van der Waals surface area (Å²) in [7, 11) is 0. The number of nitrogens with one attached hydrogen (secondary N) is 1. The molecule has 0 unspecified atom stereocenters. The first-order chi connectivity index (χ1) is 15.5. The average Bonchev–Trinajstić information content (AvgIpc) is 3.44. The smallest absolute Gasteiger partial charge is 0.147 e. The number of thiophene rings is 1. The van der Waals surface area contributed by atoms with E-state index >= 15 is 0 Å². The summed E-state index contributed by atoms with van der Waals surface area (Å²) < 4.78 is 13.0. The molecule has 1 aliphatic heterocycles.